The first-order valence-corrected chi connectivity index (χ1v) is 11.6. The Balaban J connectivity index is 0.00000256. The highest BCUT2D eigenvalue weighted by Crippen LogP contribution is 2.37. The van der Waals surface area contributed by atoms with Gasteiger partial charge in [0.05, 0.1) is 29.9 Å². The molecule has 1 saturated heterocycles. The Labute approximate surface area is 196 Å². The number of halogens is 1. The topological polar surface area (TPSA) is 46.5 Å². The number of carbonyl (C=O) groups excluding carboxylic acids is 1. The molecule has 2 atom stereocenters. The third-order valence-corrected chi connectivity index (χ3v) is 7.70. The van der Waals surface area contributed by atoms with Gasteiger partial charge in [-0.1, -0.05) is 42.5 Å². The Morgan fingerprint density at radius 1 is 1.10 bits per heavy atom. The summed E-state index contributed by atoms with van der Waals surface area (Å²) in [5.74, 6) is -0.566. The quantitative estimate of drug-likeness (QED) is 0.384. The van der Waals surface area contributed by atoms with Crippen LogP contribution in [-0.4, -0.2) is 48.3 Å². The van der Waals surface area contributed by atoms with Crippen LogP contribution in [0, 0.1) is 0 Å². The van der Waals surface area contributed by atoms with Crippen molar-refractivity contribution in [1.82, 2.24) is 0 Å². The summed E-state index contributed by atoms with van der Waals surface area (Å²) in [5, 5.41) is 15.1. The maximum atomic E-state index is 13.1. The van der Waals surface area contributed by atoms with Crippen LogP contribution in [-0.2, 0) is 21.6 Å². The van der Waals surface area contributed by atoms with Gasteiger partial charge >= 0.3 is 5.97 Å². The Hall–Kier alpha value is -1.51. The van der Waals surface area contributed by atoms with Crippen molar-refractivity contribution in [3.05, 3.63) is 80.7 Å². The fourth-order valence-corrected chi connectivity index (χ4v) is 5.72. The number of quaternary nitrogens is 1. The van der Waals surface area contributed by atoms with Crippen LogP contribution in [0.3, 0.4) is 0 Å². The van der Waals surface area contributed by atoms with E-state index in [1.807, 2.05) is 29.0 Å². The summed E-state index contributed by atoms with van der Waals surface area (Å²) < 4.78 is 6.76. The number of thiophene rings is 2. The van der Waals surface area contributed by atoms with Gasteiger partial charge in [0.2, 0.25) is 5.60 Å². The van der Waals surface area contributed by atoms with E-state index in [2.05, 4.69) is 31.3 Å². The van der Waals surface area contributed by atoms with Gasteiger partial charge < -0.3 is 31.3 Å². The summed E-state index contributed by atoms with van der Waals surface area (Å²) in [4.78, 5) is 14.3. The second-order valence-corrected chi connectivity index (χ2v) is 9.86. The molecule has 0 radical (unpaired) electrons. The zero-order chi connectivity index (χ0) is 20.3. The molecule has 4 rings (SSSR count). The molecule has 3 aromatic rings. The highest BCUT2D eigenvalue weighted by atomic mass is 79.9. The fraction of sp³-hybridized carbons (Fsp3) is 0.348. The average molecular weight is 509 g/mol. The first-order valence-electron chi connectivity index (χ1n) is 9.88. The third kappa shape index (κ3) is 4.86. The number of rotatable bonds is 7. The van der Waals surface area contributed by atoms with Crippen LogP contribution in [0.15, 0.2) is 65.4 Å². The lowest BCUT2D eigenvalue weighted by molar-refractivity contribution is -0.898. The van der Waals surface area contributed by atoms with Crippen molar-refractivity contribution in [3.63, 3.8) is 0 Å². The van der Waals surface area contributed by atoms with Crippen LogP contribution < -0.4 is 17.0 Å². The van der Waals surface area contributed by atoms with Gasteiger partial charge in [0.15, 0.2) is 6.10 Å². The summed E-state index contributed by atoms with van der Waals surface area (Å²) in [7, 11) is 2.22. The van der Waals surface area contributed by atoms with E-state index >= 15 is 0 Å². The van der Waals surface area contributed by atoms with Crippen molar-refractivity contribution in [2.75, 3.05) is 26.7 Å². The van der Waals surface area contributed by atoms with Crippen LogP contribution in [0.25, 0.3) is 0 Å². The maximum Gasteiger partial charge on any atom is 0.349 e. The Morgan fingerprint density at radius 2 is 1.73 bits per heavy atom. The van der Waals surface area contributed by atoms with Gasteiger partial charge in [-0.3, -0.25) is 0 Å². The van der Waals surface area contributed by atoms with Gasteiger partial charge in [-0.25, -0.2) is 4.79 Å². The number of aliphatic hydroxyl groups is 1. The molecule has 1 unspecified atom stereocenters. The molecule has 0 saturated carbocycles. The summed E-state index contributed by atoms with van der Waals surface area (Å²) in [5.41, 5.74) is -0.393. The lowest BCUT2D eigenvalue weighted by Crippen LogP contribution is -3.00. The lowest BCUT2D eigenvalue weighted by Gasteiger charge is -2.30. The number of esters is 1. The van der Waals surface area contributed by atoms with Crippen LogP contribution in [0.2, 0.25) is 0 Å². The number of hydrogen-bond acceptors (Lipinski definition) is 5. The molecule has 1 aliphatic heterocycles. The van der Waals surface area contributed by atoms with E-state index in [0.29, 0.717) is 9.75 Å². The molecular formula is C23H26BrNO3S2. The normalized spacial score (nSPS) is 21.2. The smallest absolute Gasteiger partial charge is 0.349 e. The van der Waals surface area contributed by atoms with Crippen molar-refractivity contribution in [2.24, 2.45) is 0 Å². The van der Waals surface area contributed by atoms with E-state index in [-0.39, 0.29) is 23.1 Å². The molecule has 2 aromatic heterocycles. The minimum absolute atomic E-state index is 0. The predicted octanol–water partition coefficient (Wildman–Crippen LogP) is 1.05. The summed E-state index contributed by atoms with van der Waals surface area (Å²) in [6, 6.07) is 17.8. The Kier molecular flexibility index (Phi) is 7.52. The minimum Gasteiger partial charge on any atom is -1.00 e. The van der Waals surface area contributed by atoms with Crippen molar-refractivity contribution >= 4 is 28.6 Å². The number of nitrogens with zero attached hydrogens (tertiary/aromatic N) is 1. The zero-order valence-corrected chi connectivity index (χ0v) is 20.1. The summed E-state index contributed by atoms with van der Waals surface area (Å²) in [6.07, 6.45) is 1.66. The van der Waals surface area contributed by atoms with Crippen molar-refractivity contribution in [1.29, 1.82) is 0 Å². The van der Waals surface area contributed by atoms with Gasteiger partial charge in [-0.2, -0.15) is 0 Å². The number of ether oxygens (including phenoxy) is 1. The summed E-state index contributed by atoms with van der Waals surface area (Å²) in [6.45, 7) is 2.77. The van der Waals surface area contributed by atoms with Gasteiger partial charge in [0, 0.05) is 12.8 Å². The molecule has 3 heterocycles. The van der Waals surface area contributed by atoms with E-state index in [0.717, 1.165) is 37.0 Å². The highest BCUT2D eigenvalue weighted by molar-refractivity contribution is 7.12. The number of carbonyl (C=O) groups is 1. The van der Waals surface area contributed by atoms with E-state index < -0.39 is 11.6 Å². The Bertz CT molecular complexity index is 897. The SMILES string of the molecule is C[N+]1(CCc2ccccc2)CC[C@H](OC(=O)C(O)(c2cccs2)c2cccs2)C1.[Br-]. The maximum absolute atomic E-state index is 13.1. The number of benzene rings is 1. The molecule has 0 amide bonds. The van der Waals surface area contributed by atoms with Gasteiger partial charge in [-0.05, 0) is 28.5 Å². The van der Waals surface area contributed by atoms with Gasteiger partial charge in [0.1, 0.15) is 6.54 Å². The van der Waals surface area contributed by atoms with Crippen molar-refractivity contribution in [3.8, 4) is 0 Å². The molecule has 0 spiro atoms. The lowest BCUT2D eigenvalue weighted by atomic mass is 10.00. The molecule has 1 aliphatic rings. The van der Waals surface area contributed by atoms with Gasteiger partial charge in [0.25, 0.3) is 0 Å². The number of likely N-dealkylation sites (tertiary alicyclic amines) is 1. The van der Waals surface area contributed by atoms with Crippen LogP contribution in [0.5, 0.6) is 0 Å². The zero-order valence-electron chi connectivity index (χ0n) is 16.9. The number of likely N-dealkylation sites (N-methyl/N-ethyl adjacent to an activating group) is 1. The van der Waals surface area contributed by atoms with Crippen LogP contribution in [0.1, 0.15) is 21.7 Å². The molecule has 30 heavy (non-hydrogen) atoms. The van der Waals surface area contributed by atoms with Crippen molar-refractivity contribution < 1.29 is 36.1 Å². The average Bonchev–Trinajstić information content (AvgIpc) is 3.49. The van der Waals surface area contributed by atoms with Crippen LogP contribution in [0.4, 0.5) is 0 Å². The fourth-order valence-electron chi connectivity index (χ4n) is 4.00. The van der Waals surface area contributed by atoms with Crippen molar-refractivity contribution in [2.45, 2.75) is 24.5 Å². The first kappa shape index (κ1) is 23.2. The van der Waals surface area contributed by atoms with E-state index in [4.69, 9.17) is 4.74 Å². The third-order valence-electron chi connectivity index (χ3n) is 5.74. The van der Waals surface area contributed by atoms with E-state index in [1.54, 1.807) is 12.1 Å². The second-order valence-electron chi connectivity index (χ2n) is 7.97. The standard InChI is InChI=1S/C23H26NO3S2.BrH/c1-24(13-11-18-7-3-2-4-8-18)14-12-19(17-24)27-22(25)23(26,20-9-5-15-28-20)21-10-6-16-29-21;/h2-10,15-16,19,26H,11-14,17H2,1H3;1H/q+1;/p-1/t19-,24?;/m0./s1. The minimum atomic E-state index is -1.72. The largest absolute Gasteiger partial charge is 1.00 e. The molecular weight excluding hydrogens is 482 g/mol. The second kappa shape index (κ2) is 9.75. The predicted molar refractivity (Wildman–Crippen MR) is 117 cm³/mol. The molecule has 160 valence electrons. The Morgan fingerprint density at radius 3 is 2.30 bits per heavy atom. The number of hydrogen-bond donors (Lipinski definition) is 1. The molecule has 4 nitrogen and oxygen atoms in total. The molecule has 1 aromatic carbocycles. The first-order chi connectivity index (χ1) is 14.0. The molecule has 1 N–H and O–H groups in total. The van der Waals surface area contributed by atoms with Crippen LogP contribution >= 0.6 is 22.7 Å². The monoisotopic (exact) mass is 507 g/mol. The van der Waals surface area contributed by atoms with Gasteiger partial charge in [-0.15, -0.1) is 22.7 Å². The highest BCUT2D eigenvalue weighted by Gasteiger charge is 2.46. The summed E-state index contributed by atoms with van der Waals surface area (Å²) >= 11 is 2.74. The molecule has 0 bridgehead atoms. The molecule has 0 aliphatic carbocycles. The molecule has 7 heteroatoms. The van der Waals surface area contributed by atoms with E-state index in [1.165, 1.54) is 28.2 Å². The molecule has 1 fully saturated rings. The van der Waals surface area contributed by atoms with E-state index in [9.17, 15) is 9.90 Å².